The zero-order chi connectivity index (χ0) is 19.4. The van der Waals surface area contributed by atoms with Gasteiger partial charge in [0, 0.05) is 31.4 Å². The number of aryl methyl sites for hydroxylation is 2. The highest BCUT2D eigenvalue weighted by atomic mass is 16.5. The van der Waals surface area contributed by atoms with Crippen molar-refractivity contribution >= 4 is 0 Å². The van der Waals surface area contributed by atoms with E-state index in [1.165, 1.54) is 11.3 Å². The molecule has 1 N–H and O–H groups in total. The van der Waals surface area contributed by atoms with Crippen LogP contribution in [0.25, 0.3) is 11.1 Å². The van der Waals surface area contributed by atoms with Crippen LogP contribution in [0.5, 0.6) is 11.5 Å². The second kappa shape index (κ2) is 8.27. The summed E-state index contributed by atoms with van der Waals surface area (Å²) in [7, 11) is 5.31. The van der Waals surface area contributed by atoms with Gasteiger partial charge in [-0.25, -0.2) is 0 Å². The topological polar surface area (TPSA) is 48.3 Å². The maximum atomic E-state index is 5.51. The highest BCUT2D eigenvalue weighted by Gasteiger charge is 2.14. The first-order valence-electron chi connectivity index (χ1n) is 9.05. The number of nitrogens with one attached hydrogen (secondary N) is 1. The lowest BCUT2D eigenvalue weighted by Gasteiger charge is -2.16. The third-order valence-electron chi connectivity index (χ3n) is 4.97. The summed E-state index contributed by atoms with van der Waals surface area (Å²) in [4.78, 5) is 0. The zero-order valence-corrected chi connectivity index (χ0v) is 16.7. The fourth-order valence-corrected chi connectivity index (χ4v) is 3.35. The van der Waals surface area contributed by atoms with E-state index in [1.807, 2.05) is 36.0 Å². The first-order valence-corrected chi connectivity index (χ1v) is 9.05. The first kappa shape index (κ1) is 19.0. The van der Waals surface area contributed by atoms with E-state index >= 15 is 0 Å². The molecule has 0 aliphatic heterocycles. The van der Waals surface area contributed by atoms with Crippen LogP contribution in [0.2, 0.25) is 0 Å². The lowest BCUT2D eigenvalue weighted by molar-refractivity contribution is 0.354. The Labute approximate surface area is 160 Å². The third kappa shape index (κ3) is 3.98. The molecule has 5 heteroatoms. The molecule has 0 amide bonds. The van der Waals surface area contributed by atoms with E-state index in [-0.39, 0.29) is 0 Å². The number of ether oxygens (including phenoxy) is 2. The molecule has 3 rings (SSSR count). The van der Waals surface area contributed by atoms with Gasteiger partial charge in [0.15, 0.2) is 11.5 Å². The van der Waals surface area contributed by atoms with Gasteiger partial charge in [-0.1, -0.05) is 30.3 Å². The highest BCUT2D eigenvalue weighted by molar-refractivity contribution is 5.71. The van der Waals surface area contributed by atoms with E-state index in [2.05, 4.69) is 42.5 Å². The number of methoxy groups -OCH3 is 2. The predicted molar refractivity (Wildman–Crippen MR) is 108 cm³/mol. The van der Waals surface area contributed by atoms with Crippen LogP contribution < -0.4 is 14.8 Å². The van der Waals surface area contributed by atoms with Crippen molar-refractivity contribution in [3.8, 4) is 22.6 Å². The van der Waals surface area contributed by atoms with Crippen LogP contribution in [0.4, 0.5) is 0 Å². The highest BCUT2D eigenvalue weighted by Crippen LogP contribution is 2.35. The number of benzene rings is 2. The molecule has 27 heavy (non-hydrogen) atoms. The molecule has 0 spiro atoms. The molecule has 142 valence electrons. The summed E-state index contributed by atoms with van der Waals surface area (Å²) in [5.74, 6) is 1.47. The molecule has 1 heterocycles. The second-order valence-electron chi connectivity index (χ2n) is 6.61. The maximum Gasteiger partial charge on any atom is 0.161 e. The van der Waals surface area contributed by atoms with Gasteiger partial charge in [-0.15, -0.1) is 0 Å². The third-order valence-corrected chi connectivity index (χ3v) is 4.97. The Morgan fingerprint density at radius 2 is 1.63 bits per heavy atom. The van der Waals surface area contributed by atoms with Crippen LogP contribution in [0, 0.1) is 13.8 Å². The van der Waals surface area contributed by atoms with Crippen LogP contribution in [0.1, 0.15) is 22.5 Å². The molecule has 3 aromatic rings. The van der Waals surface area contributed by atoms with E-state index in [0.717, 1.165) is 47.0 Å². The van der Waals surface area contributed by atoms with Crippen molar-refractivity contribution in [1.29, 1.82) is 0 Å². The molecule has 0 radical (unpaired) electrons. The zero-order valence-electron chi connectivity index (χ0n) is 16.7. The number of rotatable bonds is 7. The van der Waals surface area contributed by atoms with Crippen molar-refractivity contribution in [1.82, 2.24) is 15.1 Å². The number of nitrogens with zero attached hydrogens (tertiary/aromatic N) is 2. The molecule has 2 aromatic carbocycles. The van der Waals surface area contributed by atoms with Gasteiger partial charge in [0.05, 0.1) is 19.9 Å². The molecule has 0 saturated carbocycles. The first-order chi connectivity index (χ1) is 13.0. The minimum atomic E-state index is 0.721. The Morgan fingerprint density at radius 3 is 2.22 bits per heavy atom. The average molecular weight is 365 g/mol. The predicted octanol–water partition coefficient (Wildman–Crippen LogP) is 4.01. The molecule has 0 bridgehead atoms. The van der Waals surface area contributed by atoms with E-state index in [9.17, 15) is 0 Å². The number of aromatic nitrogens is 2. The van der Waals surface area contributed by atoms with Gasteiger partial charge in [0.2, 0.25) is 0 Å². The van der Waals surface area contributed by atoms with Gasteiger partial charge in [0.1, 0.15) is 0 Å². The smallest absolute Gasteiger partial charge is 0.161 e. The lowest BCUT2D eigenvalue weighted by Crippen LogP contribution is -2.15. The molecular formula is C22H27N3O2. The molecule has 0 unspecified atom stereocenters. The largest absolute Gasteiger partial charge is 0.493 e. The van der Waals surface area contributed by atoms with Gasteiger partial charge in [-0.3, -0.25) is 4.68 Å². The number of hydrogen-bond acceptors (Lipinski definition) is 4. The van der Waals surface area contributed by atoms with Crippen molar-refractivity contribution in [2.75, 3.05) is 14.2 Å². The average Bonchev–Trinajstić information content (AvgIpc) is 2.94. The normalized spacial score (nSPS) is 10.9. The summed E-state index contributed by atoms with van der Waals surface area (Å²) >= 11 is 0. The standard InChI is InChI=1S/C22H27N3O2/c1-15-20(16(2)25(3)24-15)14-23-13-18-11-21(26-4)22(27-5)12-19(18)17-9-7-6-8-10-17/h6-12,23H,13-14H2,1-5H3. The molecule has 0 fully saturated rings. The summed E-state index contributed by atoms with van der Waals surface area (Å²) in [6.07, 6.45) is 0. The fraction of sp³-hybridized carbons (Fsp3) is 0.318. The Kier molecular flexibility index (Phi) is 5.81. The van der Waals surface area contributed by atoms with Crippen molar-refractivity contribution in [2.45, 2.75) is 26.9 Å². The molecule has 0 aliphatic rings. The van der Waals surface area contributed by atoms with Gasteiger partial charge >= 0.3 is 0 Å². The van der Waals surface area contributed by atoms with Gasteiger partial charge in [-0.05, 0) is 42.7 Å². The van der Waals surface area contributed by atoms with E-state index in [1.54, 1.807) is 14.2 Å². The van der Waals surface area contributed by atoms with E-state index in [0.29, 0.717) is 0 Å². The van der Waals surface area contributed by atoms with Crippen molar-refractivity contribution in [3.05, 3.63) is 65.0 Å². The summed E-state index contributed by atoms with van der Waals surface area (Å²) in [6.45, 7) is 5.64. The second-order valence-corrected chi connectivity index (χ2v) is 6.61. The van der Waals surface area contributed by atoms with Crippen LogP contribution in [-0.2, 0) is 20.1 Å². The SMILES string of the molecule is COc1cc(CNCc2c(C)nn(C)c2C)c(-c2ccccc2)cc1OC. The minimum Gasteiger partial charge on any atom is -0.493 e. The van der Waals surface area contributed by atoms with E-state index < -0.39 is 0 Å². The molecule has 0 aliphatic carbocycles. The van der Waals surface area contributed by atoms with Gasteiger partial charge in [-0.2, -0.15) is 5.10 Å². The van der Waals surface area contributed by atoms with Crippen LogP contribution in [-0.4, -0.2) is 24.0 Å². The Hall–Kier alpha value is -2.79. The van der Waals surface area contributed by atoms with Crippen LogP contribution >= 0.6 is 0 Å². The van der Waals surface area contributed by atoms with Crippen LogP contribution in [0.3, 0.4) is 0 Å². The maximum absolute atomic E-state index is 5.51. The molecule has 0 atom stereocenters. The Balaban J connectivity index is 1.89. The van der Waals surface area contributed by atoms with E-state index in [4.69, 9.17) is 9.47 Å². The summed E-state index contributed by atoms with van der Waals surface area (Å²) in [5, 5.41) is 8.05. The summed E-state index contributed by atoms with van der Waals surface area (Å²) in [5.41, 5.74) is 6.97. The Morgan fingerprint density at radius 1 is 0.963 bits per heavy atom. The molecule has 0 saturated heterocycles. The van der Waals surface area contributed by atoms with Gasteiger partial charge < -0.3 is 14.8 Å². The lowest BCUT2D eigenvalue weighted by atomic mass is 9.98. The van der Waals surface area contributed by atoms with Crippen molar-refractivity contribution < 1.29 is 9.47 Å². The minimum absolute atomic E-state index is 0.721. The van der Waals surface area contributed by atoms with Crippen molar-refractivity contribution in [3.63, 3.8) is 0 Å². The number of hydrogen-bond donors (Lipinski definition) is 1. The summed E-state index contributed by atoms with van der Waals surface area (Å²) in [6, 6.07) is 14.4. The summed E-state index contributed by atoms with van der Waals surface area (Å²) < 4.78 is 12.9. The fourth-order valence-electron chi connectivity index (χ4n) is 3.35. The quantitative estimate of drug-likeness (QED) is 0.687. The van der Waals surface area contributed by atoms with Gasteiger partial charge in [0.25, 0.3) is 0 Å². The molecule has 1 aromatic heterocycles. The van der Waals surface area contributed by atoms with Crippen LogP contribution in [0.15, 0.2) is 42.5 Å². The Bertz CT molecular complexity index is 917. The van der Waals surface area contributed by atoms with Crippen molar-refractivity contribution in [2.24, 2.45) is 7.05 Å². The molecule has 5 nitrogen and oxygen atoms in total. The molecular weight excluding hydrogens is 338 g/mol. The monoisotopic (exact) mass is 365 g/mol.